The van der Waals surface area contributed by atoms with Crippen LogP contribution in [0.1, 0.15) is 9.67 Å². The summed E-state index contributed by atoms with van der Waals surface area (Å²) in [6.45, 7) is 0. The van der Waals surface area contributed by atoms with Crippen LogP contribution in [0.25, 0.3) is 0 Å². The van der Waals surface area contributed by atoms with Crippen molar-refractivity contribution in [2.45, 2.75) is 4.21 Å². The number of ether oxygens (including phenoxy) is 1. The van der Waals surface area contributed by atoms with Gasteiger partial charge in [0.15, 0.2) is 0 Å². The Bertz CT molecular complexity index is 766. The monoisotopic (exact) mass is 327 g/mol. The molecule has 112 valence electrons. The lowest BCUT2D eigenvalue weighted by Crippen LogP contribution is -2.25. The van der Waals surface area contributed by atoms with Gasteiger partial charge >= 0.3 is 5.97 Å². The first-order valence-corrected chi connectivity index (χ1v) is 8.08. The smallest absolute Gasteiger partial charge is 0.345 e. The summed E-state index contributed by atoms with van der Waals surface area (Å²) in [5, 5.41) is 8.87. The number of hydrogen-bond donors (Lipinski definition) is 1. The fourth-order valence-corrected chi connectivity index (χ4v) is 4.16. The predicted octanol–water partition coefficient (Wildman–Crippen LogP) is 2.28. The number of carboxylic acids is 1. The molecular weight excluding hydrogens is 314 g/mol. The van der Waals surface area contributed by atoms with Crippen molar-refractivity contribution in [1.29, 1.82) is 0 Å². The number of rotatable bonds is 5. The Kier molecular flexibility index (Phi) is 4.19. The van der Waals surface area contributed by atoms with E-state index in [4.69, 9.17) is 9.84 Å². The van der Waals surface area contributed by atoms with E-state index in [1.807, 2.05) is 0 Å². The first-order valence-electron chi connectivity index (χ1n) is 5.82. The Labute approximate surface area is 126 Å². The van der Waals surface area contributed by atoms with Crippen LogP contribution in [-0.2, 0) is 10.0 Å². The van der Waals surface area contributed by atoms with Crippen LogP contribution in [0, 0.1) is 0 Å². The number of thiophene rings is 1. The maximum absolute atomic E-state index is 12.5. The molecule has 0 aliphatic heterocycles. The topological polar surface area (TPSA) is 83.9 Å². The fourth-order valence-electron chi connectivity index (χ4n) is 1.65. The Morgan fingerprint density at radius 1 is 1.29 bits per heavy atom. The number of carbonyl (C=O) groups is 1. The molecule has 1 aromatic heterocycles. The summed E-state index contributed by atoms with van der Waals surface area (Å²) in [5.41, 5.74) is 0.430. The Hall–Kier alpha value is -2.06. The molecule has 1 N–H and O–H groups in total. The third-order valence-electron chi connectivity index (χ3n) is 2.82. The van der Waals surface area contributed by atoms with Crippen LogP contribution in [0.4, 0.5) is 5.69 Å². The first kappa shape index (κ1) is 15.3. The molecule has 0 saturated heterocycles. The number of anilines is 1. The van der Waals surface area contributed by atoms with Gasteiger partial charge in [0.1, 0.15) is 14.8 Å². The molecule has 8 heteroatoms. The van der Waals surface area contributed by atoms with Gasteiger partial charge in [-0.25, -0.2) is 13.2 Å². The number of sulfonamides is 1. The van der Waals surface area contributed by atoms with Gasteiger partial charge in [0, 0.05) is 13.1 Å². The van der Waals surface area contributed by atoms with Crippen molar-refractivity contribution in [2.24, 2.45) is 0 Å². The van der Waals surface area contributed by atoms with Crippen molar-refractivity contribution < 1.29 is 23.1 Å². The Morgan fingerprint density at radius 2 is 2.00 bits per heavy atom. The lowest BCUT2D eigenvalue weighted by Gasteiger charge is -2.18. The van der Waals surface area contributed by atoms with E-state index in [-0.39, 0.29) is 9.09 Å². The van der Waals surface area contributed by atoms with Crippen molar-refractivity contribution in [3.05, 3.63) is 41.3 Å². The molecule has 0 saturated carbocycles. The summed E-state index contributed by atoms with van der Waals surface area (Å²) in [4.78, 5) is 10.8. The quantitative estimate of drug-likeness (QED) is 0.911. The average molecular weight is 327 g/mol. The highest BCUT2D eigenvalue weighted by atomic mass is 32.2. The standard InChI is InChI=1S/C13H13NO5S2/c1-14(9-4-3-5-10(8-9)19-2)21(17,18)12-7-6-11(20-12)13(15)16/h3-8H,1-2H3,(H,15,16). The van der Waals surface area contributed by atoms with E-state index in [0.717, 1.165) is 15.6 Å². The second-order valence-electron chi connectivity index (χ2n) is 4.10. The summed E-state index contributed by atoms with van der Waals surface area (Å²) in [7, 11) is -0.898. The highest BCUT2D eigenvalue weighted by Gasteiger charge is 2.24. The molecule has 0 fully saturated rings. The summed E-state index contributed by atoms with van der Waals surface area (Å²) in [6.07, 6.45) is 0. The van der Waals surface area contributed by atoms with Gasteiger partial charge < -0.3 is 9.84 Å². The van der Waals surface area contributed by atoms with E-state index in [9.17, 15) is 13.2 Å². The fraction of sp³-hybridized carbons (Fsp3) is 0.154. The molecule has 2 rings (SSSR count). The molecule has 0 radical (unpaired) electrons. The minimum Gasteiger partial charge on any atom is -0.497 e. The average Bonchev–Trinajstić information content (AvgIpc) is 2.97. The van der Waals surface area contributed by atoms with E-state index in [1.54, 1.807) is 24.3 Å². The number of methoxy groups -OCH3 is 1. The van der Waals surface area contributed by atoms with E-state index >= 15 is 0 Å². The zero-order valence-corrected chi connectivity index (χ0v) is 12.9. The van der Waals surface area contributed by atoms with Crippen LogP contribution in [0.2, 0.25) is 0 Å². The zero-order chi connectivity index (χ0) is 15.6. The van der Waals surface area contributed by atoms with Crippen LogP contribution in [-0.4, -0.2) is 33.7 Å². The molecule has 21 heavy (non-hydrogen) atoms. The Balaban J connectivity index is 2.39. The zero-order valence-electron chi connectivity index (χ0n) is 11.3. The molecule has 0 bridgehead atoms. The third-order valence-corrected chi connectivity index (χ3v) is 6.15. The van der Waals surface area contributed by atoms with Gasteiger partial charge in [0.05, 0.1) is 12.8 Å². The minimum atomic E-state index is -3.80. The number of aromatic carboxylic acids is 1. The molecule has 2 aromatic rings. The summed E-state index contributed by atoms with van der Waals surface area (Å²) < 4.78 is 31.1. The SMILES string of the molecule is COc1cccc(N(C)S(=O)(=O)c2ccc(C(=O)O)s2)c1. The molecule has 0 spiro atoms. The maximum atomic E-state index is 12.5. The van der Waals surface area contributed by atoms with E-state index in [1.165, 1.54) is 26.3 Å². The molecule has 1 heterocycles. The summed E-state index contributed by atoms with van der Waals surface area (Å²) in [6, 6.07) is 9.17. The molecule has 0 aliphatic rings. The highest BCUT2D eigenvalue weighted by Crippen LogP contribution is 2.29. The van der Waals surface area contributed by atoms with E-state index in [0.29, 0.717) is 11.4 Å². The minimum absolute atomic E-state index is 0.0207. The van der Waals surface area contributed by atoms with Gasteiger partial charge in [-0.2, -0.15) is 0 Å². The summed E-state index contributed by atoms with van der Waals surface area (Å²) >= 11 is 0.720. The van der Waals surface area contributed by atoms with Crippen molar-refractivity contribution in [3.8, 4) is 5.75 Å². The van der Waals surface area contributed by atoms with Gasteiger partial charge in [-0.15, -0.1) is 11.3 Å². The highest BCUT2D eigenvalue weighted by molar-refractivity contribution is 7.94. The molecule has 0 amide bonds. The third kappa shape index (κ3) is 3.01. The van der Waals surface area contributed by atoms with Gasteiger partial charge in [-0.05, 0) is 24.3 Å². The Morgan fingerprint density at radius 3 is 2.57 bits per heavy atom. The van der Waals surface area contributed by atoms with Crippen molar-refractivity contribution >= 4 is 33.0 Å². The van der Waals surface area contributed by atoms with Crippen LogP contribution in [0.15, 0.2) is 40.6 Å². The summed E-state index contributed by atoms with van der Waals surface area (Å²) in [5.74, 6) is -0.613. The first-order chi connectivity index (χ1) is 9.86. The van der Waals surface area contributed by atoms with E-state index < -0.39 is 16.0 Å². The second-order valence-corrected chi connectivity index (χ2v) is 7.38. The second kappa shape index (κ2) is 5.74. The lowest BCUT2D eigenvalue weighted by atomic mass is 10.3. The molecule has 0 atom stereocenters. The van der Waals surface area contributed by atoms with E-state index in [2.05, 4.69) is 0 Å². The van der Waals surface area contributed by atoms with Crippen molar-refractivity contribution in [2.75, 3.05) is 18.5 Å². The lowest BCUT2D eigenvalue weighted by molar-refractivity contribution is 0.0702. The largest absolute Gasteiger partial charge is 0.497 e. The molecular formula is C13H13NO5S2. The van der Waals surface area contributed by atoms with Crippen LogP contribution in [0.5, 0.6) is 5.75 Å². The number of hydrogen-bond acceptors (Lipinski definition) is 5. The van der Waals surface area contributed by atoms with Gasteiger partial charge in [-0.1, -0.05) is 6.07 Å². The number of nitrogens with zero attached hydrogens (tertiary/aromatic N) is 1. The normalized spacial score (nSPS) is 11.1. The van der Waals surface area contributed by atoms with Crippen LogP contribution >= 0.6 is 11.3 Å². The molecule has 0 unspecified atom stereocenters. The van der Waals surface area contributed by atoms with Crippen LogP contribution in [0.3, 0.4) is 0 Å². The van der Waals surface area contributed by atoms with Gasteiger partial charge in [0.25, 0.3) is 10.0 Å². The molecule has 0 aliphatic carbocycles. The van der Waals surface area contributed by atoms with Crippen LogP contribution < -0.4 is 9.04 Å². The van der Waals surface area contributed by atoms with Crippen molar-refractivity contribution in [1.82, 2.24) is 0 Å². The predicted molar refractivity (Wildman–Crippen MR) is 79.9 cm³/mol. The molecule has 1 aromatic carbocycles. The maximum Gasteiger partial charge on any atom is 0.345 e. The van der Waals surface area contributed by atoms with Gasteiger partial charge in [0.2, 0.25) is 0 Å². The van der Waals surface area contributed by atoms with Gasteiger partial charge in [-0.3, -0.25) is 4.31 Å². The number of benzene rings is 1. The van der Waals surface area contributed by atoms with Crippen molar-refractivity contribution in [3.63, 3.8) is 0 Å². The molecule has 6 nitrogen and oxygen atoms in total. The number of carboxylic acid groups (broad SMARTS) is 1.